The first-order valence-corrected chi connectivity index (χ1v) is 7.85. The molecule has 0 radical (unpaired) electrons. The van der Waals surface area contributed by atoms with Crippen LogP contribution in [0.2, 0.25) is 0 Å². The number of fused-ring (bicyclic) bond motifs is 1. The number of nitrogens with one attached hydrogen (secondary N) is 1. The Bertz CT molecular complexity index is 948. The summed E-state index contributed by atoms with van der Waals surface area (Å²) in [6.07, 6.45) is 0.421. The van der Waals surface area contributed by atoms with Gasteiger partial charge in [0.2, 0.25) is 0 Å². The van der Waals surface area contributed by atoms with Crippen LogP contribution in [0.25, 0.3) is 11.0 Å². The number of hydrogen-bond donors (Lipinski definition) is 2. The second-order valence-corrected chi connectivity index (χ2v) is 6.07. The van der Waals surface area contributed by atoms with Crippen LogP contribution in [0, 0.1) is 5.82 Å². The monoisotopic (exact) mass is 411 g/mol. The average Bonchev–Trinajstić information content (AvgIpc) is 3.03. The molecular weight excluding hydrogens is 400 g/mol. The lowest BCUT2D eigenvalue weighted by atomic mass is 10.0. The van der Waals surface area contributed by atoms with E-state index in [1.54, 1.807) is 12.3 Å². The van der Waals surface area contributed by atoms with Crippen molar-refractivity contribution in [1.82, 2.24) is 9.97 Å². The fraction of sp³-hybridized carbons (Fsp3) is 0.125. The maximum absolute atomic E-state index is 14.2. The van der Waals surface area contributed by atoms with Crippen LogP contribution in [0.3, 0.4) is 0 Å². The summed E-state index contributed by atoms with van der Waals surface area (Å²) in [6.45, 7) is 0. The largest absolute Gasteiger partial charge is 0.451 e. The van der Waals surface area contributed by atoms with Gasteiger partial charge in [0.25, 0.3) is 0 Å². The van der Waals surface area contributed by atoms with E-state index in [2.05, 4.69) is 30.6 Å². The second-order valence-electron chi connectivity index (χ2n) is 5.15. The van der Waals surface area contributed by atoms with E-state index < -0.39 is 18.0 Å². The molecule has 2 heterocycles. The summed E-state index contributed by atoms with van der Waals surface area (Å²) < 4.78 is 33.0. The van der Waals surface area contributed by atoms with Crippen LogP contribution in [-0.2, 0) is 4.74 Å². The fourth-order valence-corrected chi connectivity index (χ4v) is 2.77. The minimum Gasteiger partial charge on any atom is -0.451 e. The summed E-state index contributed by atoms with van der Waals surface area (Å²) in [5.41, 5.74) is 0.421. The molecular formula is C16H12BrF2N3O3. The number of aliphatic hydroxyl groups is 1. The summed E-state index contributed by atoms with van der Waals surface area (Å²) in [7, 11) is 1.02. The van der Waals surface area contributed by atoms with Gasteiger partial charge in [-0.25, -0.2) is 14.2 Å². The van der Waals surface area contributed by atoms with Crippen molar-refractivity contribution in [3.8, 4) is 0 Å². The maximum atomic E-state index is 14.2. The summed E-state index contributed by atoms with van der Waals surface area (Å²) >= 11 is 3.29. The lowest BCUT2D eigenvalue weighted by Crippen LogP contribution is -2.21. The van der Waals surface area contributed by atoms with Gasteiger partial charge in [-0.15, -0.1) is 5.12 Å². The lowest BCUT2D eigenvalue weighted by molar-refractivity contribution is 0.163. The Balaban J connectivity index is 2.05. The molecule has 1 atom stereocenters. The molecule has 0 spiro atoms. The zero-order chi connectivity index (χ0) is 18.1. The number of anilines is 1. The number of halogens is 3. The van der Waals surface area contributed by atoms with Crippen molar-refractivity contribution in [3.63, 3.8) is 0 Å². The van der Waals surface area contributed by atoms with E-state index in [0.717, 1.165) is 25.3 Å². The molecule has 9 heteroatoms. The number of aromatic nitrogens is 2. The van der Waals surface area contributed by atoms with Crippen LogP contribution < -0.4 is 5.12 Å². The summed E-state index contributed by atoms with van der Waals surface area (Å²) in [6, 6.07) is 4.79. The quantitative estimate of drug-likeness (QED) is 0.638. The van der Waals surface area contributed by atoms with E-state index in [9.17, 15) is 18.8 Å². The molecule has 1 aromatic carbocycles. The predicted octanol–water partition coefficient (Wildman–Crippen LogP) is 4.00. The van der Waals surface area contributed by atoms with Gasteiger partial charge in [0, 0.05) is 33.4 Å². The van der Waals surface area contributed by atoms with Crippen molar-refractivity contribution in [1.29, 1.82) is 0 Å². The number of H-pyrrole nitrogens is 1. The number of aromatic amines is 1. The van der Waals surface area contributed by atoms with Crippen LogP contribution in [0.5, 0.6) is 0 Å². The van der Waals surface area contributed by atoms with Crippen LogP contribution in [0.4, 0.5) is 19.4 Å². The van der Waals surface area contributed by atoms with Gasteiger partial charge in [0.1, 0.15) is 17.6 Å². The van der Waals surface area contributed by atoms with Gasteiger partial charge >= 0.3 is 6.09 Å². The highest BCUT2D eigenvalue weighted by atomic mass is 79.9. The van der Waals surface area contributed by atoms with Gasteiger partial charge in [0.05, 0.1) is 12.8 Å². The first-order valence-electron chi connectivity index (χ1n) is 7.06. The highest BCUT2D eigenvalue weighted by Crippen LogP contribution is 2.33. The van der Waals surface area contributed by atoms with Gasteiger partial charge in [-0.05, 0) is 40.2 Å². The number of carbonyl (C=O) groups is 1. The van der Waals surface area contributed by atoms with Crippen LogP contribution in [-0.4, -0.2) is 28.3 Å². The molecule has 6 nitrogen and oxygen atoms in total. The molecule has 3 aromatic rings. The van der Waals surface area contributed by atoms with E-state index in [4.69, 9.17) is 0 Å². The number of methoxy groups -OCH3 is 1. The molecule has 0 aliphatic carbocycles. The second kappa shape index (κ2) is 6.77. The minimum absolute atomic E-state index is 0.190. The van der Waals surface area contributed by atoms with Crippen LogP contribution in [0.1, 0.15) is 17.2 Å². The van der Waals surface area contributed by atoms with Gasteiger partial charge in [-0.3, -0.25) is 0 Å². The Hall–Kier alpha value is -2.52. The zero-order valence-electron chi connectivity index (χ0n) is 12.8. The van der Waals surface area contributed by atoms with Crippen molar-refractivity contribution >= 4 is 38.7 Å². The summed E-state index contributed by atoms with van der Waals surface area (Å²) in [5.74, 6) is -0.744. The minimum atomic E-state index is -1.39. The number of pyridine rings is 1. The van der Waals surface area contributed by atoms with Crippen molar-refractivity contribution in [2.24, 2.45) is 0 Å². The lowest BCUT2D eigenvalue weighted by Gasteiger charge is -2.15. The molecule has 0 aliphatic heterocycles. The molecule has 0 aliphatic rings. The third-order valence-corrected chi connectivity index (χ3v) is 4.09. The van der Waals surface area contributed by atoms with Crippen LogP contribution >= 0.6 is 15.9 Å². The number of benzene rings is 1. The van der Waals surface area contributed by atoms with Crippen molar-refractivity contribution < 1.29 is 23.5 Å². The average molecular weight is 412 g/mol. The molecule has 2 aromatic heterocycles. The van der Waals surface area contributed by atoms with Crippen molar-refractivity contribution in [2.45, 2.75) is 6.10 Å². The molecule has 130 valence electrons. The Morgan fingerprint density at radius 3 is 2.88 bits per heavy atom. The van der Waals surface area contributed by atoms with Gasteiger partial charge in [0.15, 0.2) is 0 Å². The van der Waals surface area contributed by atoms with E-state index >= 15 is 0 Å². The van der Waals surface area contributed by atoms with Gasteiger partial charge in [-0.1, -0.05) is 4.48 Å². The highest BCUT2D eigenvalue weighted by Gasteiger charge is 2.23. The number of hydrogen-bond acceptors (Lipinski definition) is 4. The Morgan fingerprint density at radius 2 is 2.16 bits per heavy atom. The Morgan fingerprint density at radius 1 is 1.40 bits per heavy atom. The normalized spacial score (nSPS) is 12.2. The number of carbonyl (C=O) groups excluding carboxylic acids is 1. The van der Waals surface area contributed by atoms with E-state index in [0.29, 0.717) is 21.1 Å². The third-order valence-electron chi connectivity index (χ3n) is 3.66. The summed E-state index contributed by atoms with van der Waals surface area (Å²) in [5, 5.41) is 10.9. The number of aliphatic hydroxyl groups excluding tert-OH is 1. The molecule has 3 rings (SSSR count). The summed E-state index contributed by atoms with van der Waals surface area (Å²) in [4.78, 5) is 18.3. The molecule has 1 amide bonds. The first-order chi connectivity index (χ1) is 11.9. The number of rotatable bonds is 3. The molecule has 1 unspecified atom stereocenters. The Kier molecular flexibility index (Phi) is 4.69. The van der Waals surface area contributed by atoms with E-state index in [1.807, 2.05) is 0 Å². The predicted molar refractivity (Wildman–Crippen MR) is 90.2 cm³/mol. The number of ether oxygens (including phenoxy) is 1. The van der Waals surface area contributed by atoms with E-state index in [-0.39, 0.29) is 16.4 Å². The van der Waals surface area contributed by atoms with Crippen molar-refractivity contribution in [2.75, 3.05) is 12.2 Å². The molecule has 0 saturated heterocycles. The fourth-order valence-electron chi connectivity index (χ4n) is 2.44. The first kappa shape index (κ1) is 17.3. The molecule has 0 saturated carbocycles. The number of nitrogens with zero attached hydrogens (tertiary/aromatic N) is 2. The Labute approximate surface area is 149 Å². The zero-order valence-corrected chi connectivity index (χ0v) is 14.4. The van der Waals surface area contributed by atoms with Crippen LogP contribution in [0.15, 0.2) is 41.1 Å². The molecule has 2 N–H and O–H groups in total. The smallest absolute Gasteiger partial charge is 0.442 e. The van der Waals surface area contributed by atoms with E-state index in [1.165, 1.54) is 6.20 Å². The number of amides is 1. The van der Waals surface area contributed by atoms with Gasteiger partial charge in [-0.2, -0.15) is 0 Å². The highest BCUT2D eigenvalue weighted by molar-refractivity contribution is 9.10. The topological polar surface area (TPSA) is 78.5 Å². The standard InChI is InChI=1S/C16H12BrF2N3O3/c1-25-16(24)22(19)9-2-3-13(18)11(5-9)14(23)12-7-21-15-10(12)4-8(17)6-20-15/h2-7,14,23H,1H3,(H,20,21). The molecule has 0 fully saturated rings. The molecule has 25 heavy (non-hydrogen) atoms. The van der Waals surface area contributed by atoms with Gasteiger partial charge < -0.3 is 14.8 Å². The van der Waals surface area contributed by atoms with Crippen molar-refractivity contribution in [3.05, 3.63) is 58.1 Å². The molecule has 0 bridgehead atoms. The SMILES string of the molecule is COC(=O)N(F)c1ccc(F)c(C(O)c2c[nH]c3ncc(Br)cc23)c1. The third kappa shape index (κ3) is 3.20. The maximum Gasteiger partial charge on any atom is 0.442 e.